The van der Waals surface area contributed by atoms with Crippen LogP contribution in [0.25, 0.3) is 10.6 Å². The molecule has 0 bridgehead atoms. The summed E-state index contributed by atoms with van der Waals surface area (Å²) in [4.78, 5) is 10.4. The van der Waals surface area contributed by atoms with Gasteiger partial charge in [0.05, 0.1) is 0 Å². The molecular formula is C8H4F3N3S. The molecule has 2 heterocycles. The van der Waals surface area contributed by atoms with Gasteiger partial charge in [-0.15, -0.1) is 11.3 Å². The maximum absolute atomic E-state index is 12.1. The van der Waals surface area contributed by atoms with Gasteiger partial charge in [-0.2, -0.15) is 13.2 Å². The number of halogens is 3. The summed E-state index contributed by atoms with van der Waals surface area (Å²) in [5.74, 6) is -1.14. The van der Waals surface area contributed by atoms with Crippen LogP contribution in [-0.4, -0.2) is 15.0 Å². The maximum atomic E-state index is 12.1. The smallest absolute Gasteiger partial charge is 0.244 e. The Hall–Kier alpha value is -1.50. The average Bonchev–Trinajstić information content (AvgIpc) is 2.69. The molecule has 0 saturated carbocycles. The molecule has 0 aliphatic carbocycles. The van der Waals surface area contributed by atoms with E-state index in [4.69, 9.17) is 0 Å². The SMILES string of the molecule is FC(F)(F)c1ncc(-c2nccs2)cn1. The summed E-state index contributed by atoms with van der Waals surface area (Å²) in [6.45, 7) is 0. The lowest BCUT2D eigenvalue weighted by Gasteiger charge is -2.03. The largest absolute Gasteiger partial charge is 0.451 e. The minimum atomic E-state index is -4.50. The number of rotatable bonds is 1. The molecule has 15 heavy (non-hydrogen) atoms. The van der Waals surface area contributed by atoms with Crippen molar-refractivity contribution in [3.63, 3.8) is 0 Å². The first-order valence-electron chi connectivity index (χ1n) is 3.86. The Morgan fingerprint density at radius 1 is 1.07 bits per heavy atom. The normalized spacial score (nSPS) is 11.7. The standard InChI is InChI=1S/C8H4F3N3S/c9-8(10,11)7-13-3-5(4-14-7)6-12-1-2-15-6/h1-4H. The van der Waals surface area contributed by atoms with Crippen molar-refractivity contribution >= 4 is 11.3 Å². The Kier molecular flexibility index (Phi) is 2.39. The first kappa shape index (κ1) is 10.0. The third kappa shape index (κ3) is 2.12. The second kappa shape index (κ2) is 3.58. The first-order valence-corrected chi connectivity index (χ1v) is 4.74. The lowest BCUT2D eigenvalue weighted by atomic mass is 10.3. The molecule has 0 aliphatic rings. The van der Waals surface area contributed by atoms with Crippen LogP contribution in [0, 0.1) is 0 Å². The lowest BCUT2D eigenvalue weighted by molar-refractivity contribution is -0.144. The van der Waals surface area contributed by atoms with Crippen LogP contribution in [0.4, 0.5) is 13.2 Å². The van der Waals surface area contributed by atoms with E-state index in [1.807, 2.05) is 0 Å². The fraction of sp³-hybridized carbons (Fsp3) is 0.125. The van der Waals surface area contributed by atoms with Gasteiger partial charge in [0.1, 0.15) is 5.01 Å². The lowest BCUT2D eigenvalue weighted by Crippen LogP contribution is -2.10. The minimum Gasteiger partial charge on any atom is -0.244 e. The maximum Gasteiger partial charge on any atom is 0.451 e. The third-order valence-corrected chi connectivity index (χ3v) is 2.41. The highest BCUT2D eigenvalue weighted by molar-refractivity contribution is 7.13. The zero-order chi connectivity index (χ0) is 10.9. The van der Waals surface area contributed by atoms with Crippen LogP contribution in [0.1, 0.15) is 5.82 Å². The third-order valence-electron chi connectivity index (χ3n) is 1.58. The molecule has 0 saturated heterocycles. The van der Waals surface area contributed by atoms with E-state index in [0.717, 1.165) is 12.4 Å². The Bertz CT molecular complexity index is 435. The molecule has 2 aromatic rings. The van der Waals surface area contributed by atoms with E-state index in [0.29, 0.717) is 10.6 Å². The summed E-state index contributed by atoms with van der Waals surface area (Å²) < 4.78 is 36.4. The number of hydrogen-bond acceptors (Lipinski definition) is 4. The van der Waals surface area contributed by atoms with E-state index < -0.39 is 12.0 Å². The van der Waals surface area contributed by atoms with Crippen molar-refractivity contribution in [2.24, 2.45) is 0 Å². The Balaban J connectivity index is 2.33. The van der Waals surface area contributed by atoms with Gasteiger partial charge in [0.2, 0.25) is 5.82 Å². The van der Waals surface area contributed by atoms with E-state index >= 15 is 0 Å². The summed E-state index contributed by atoms with van der Waals surface area (Å²) >= 11 is 1.32. The topological polar surface area (TPSA) is 38.7 Å². The summed E-state index contributed by atoms with van der Waals surface area (Å²) in [5, 5.41) is 2.33. The van der Waals surface area contributed by atoms with Gasteiger partial charge in [-0.1, -0.05) is 0 Å². The van der Waals surface area contributed by atoms with Crippen molar-refractivity contribution in [2.45, 2.75) is 6.18 Å². The van der Waals surface area contributed by atoms with Crippen LogP contribution >= 0.6 is 11.3 Å². The molecule has 0 amide bonds. The van der Waals surface area contributed by atoms with Crippen molar-refractivity contribution in [1.29, 1.82) is 0 Å². The highest BCUT2D eigenvalue weighted by atomic mass is 32.1. The van der Waals surface area contributed by atoms with Crippen molar-refractivity contribution in [1.82, 2.24) is 15.0 Å². The molecule has 0 aliphatic heterocycles. The molecule has 3 nitrogen and oxygen atoms in total. The Labute approximate surface area is 86.6 Å². The van der Waals surface area contributed by atoms with Crippen LogP contribution in [0.2, 0.25) is 0 Å². The van der Waals surface area contributed by atoms with Crippen LogP contribution in [0.15, 0.2) is 24.0 Å². The number of thiazole rings is 1. The highest BCUT2D eigenvalue weighted by Crippen LogP contribution is 2.27. The zero-order valence-electron chi connectivity index (χ0n) is 7.19. The molecular weight excluding hydrogens is 227 g/mol. The fourth-order valence-electron chi connectivity index (χ4n) is 0.951. The molecule has 2 rings (SSSR count). The summed E-state index contributed by atoms with van der Waals surface area (Å²) in [7, 11) is 0. The van der Waals surface area contributed by atoms with E-state index in [1.165, 1.54) is 11.3 Å². The number of aromatic nitrogens is 3. The molecule has 0 atom stereocenters. The first-order chi connectivity index (χ1) is 7.07. The Morgan fingerprint density at radius 2 is 1.73 bits per heavy atom. The van der Waals surface area contributed by atoms with Crippen LogP contribution < -0.4 is 0 Å². The van der Waals surface area contributed by atoms with Crippen molar-refractivity contribution in [2.75, 3.05) is 0 Å². The van der Waals surface area contributed by atoms with Gasteiger partial charge in [0.25, 0.3) is 0 Å². The van der Waals surface area contributed by atoms with Crippen molar-refractivity contribution in [3.05, 3.63) is 29.8 Å². The van der Waals surface area contributed by atoms with Crippen molar-refractivity contribution in [3.8, 4) is 10.6 Å². The van der Waals surface area contributed by atoms with Gasteiger partial charge < -0.3 is 0 Å². The van der Waals surface area contributed by atoms with Crippen LogP contribution in [0.5, 0.6) is 0 Å². The van der Waals surface area contributed by atoms with Gasteiger partial charge in [-0.3, -0.25) is 0 Å². The quantitative estimate of drug-likeness (QED) is 0.757. The predicted octanol–water partition coefficient (Wildman–Crippen LogP) is 2.62. The van der Waals surface area contributed by atoms with Crippen LogP contribution in [0.3, 0.4) is 0 Å². The number of alkyl halides is 3. The van der Waals surface area contributed by atoms with Gasteiger partial charge in [-0.25, -0.2) is 15.0 Å². The number of nitrogens with zero attached hydrogens (tertiary/aromatic N) is 3. The molecule has 0 fully saturated rings. The monoisotopic (exact) mass is 231 g/mol. The van der Waals surface area contributed by atoms with E-state index in [2.05, 4.69) is 15.0 Å². The molecule has 0 aromatic carbocycles. The van der Waals surface area contributed by atoms with E-state index in [1.54, 1.807) is 11.6 Å². The number of hydrogen-bond donors (Lipinski definition) is 0. The molecule has 7 heteroatoms. The van der Waals surface area contributed by atoms with Gasteiger partial charge in [0.15, 0.2) is 0 Å². The molecule has 0 radical (unpaired) electrons. The van der Waals surface area contributed by atoms with E-state index in [9.17, 15) is 13.2 Å². The highest BCUT2D eigenvalue weighted by Gasteiger charge is 2.34. The average molecular weight is 231 g/mol. The van der Waals surface area contributed by atoms with Gasteiger partial charge in [0, 0.05) is 29.5 Å². The fourth-order valence-corrected chi connectivity index (χ4v) is 1.56. The molecule has 2 aromatic heterocycles. The molecule has 0 N–H and O–H groups in total. The minimum absolute atomic E-state index is 0.484. The van der Waals surface area contributed by atoms with Crippen LogP contribution in [-0.2, 0) is 6.18 Å². The summed E-state index contributed by atoms with van der Waals surface area (Å²) in [6.07, 6.45) is -0.692. The molecule has 0 spiro atoms. The summed E-state index contributed by atoms with van der Waals surface area (Å²) in [6, 6.07) is 0. The molecule has 0 unspecified atom stereocenters. The zero-order valence-corrected chi connectivity index (χ0v) is 8.01. The van der Waals surface area contributed by atoms with Gasteiger partial charge in [-0.05, 0) is 0 Å². The van der Waals surface area contributed by atoms with E-state index in [-0.39, 0.29) is 0 Å². The van der Waals surface area contributed by atoms with Crippen molar-refractivity contribution < 1.29 is 13.2 Å². The second-order valence-corrected chi connectivity index (χ2v) is 3.52. The molecule has 78 valence electrons. The van der Waals surface area contributed by atoms with Gasteiger partial charge >= 0.3 is 6.18 Å². The Morgan fingerprint density at radius 3 is 2.20 bits per heavy atom. The summed E-state index contributed by atoms with van der Waals surface area (Å²) in [5.41, 5.74) is 0.484. The second-order valence-electron chi connectivity index (χ2n) is 2.63. The predicted molar refractivity (Wildman–Crippen MR) is 48.1 cm³/mol.